The summed E-state index contributed by atoms with van der Waals surface area (Å²) in [6, 6.07) is 1.05. The molecule has 2 bridgehead atoms. The van der Waals surface area contributed by atoms with Gasteiger partial charge in [0.1, 0.15) is 0 Å². The number of rotatable bonds is 3. The molecule has 13 heavy (non-hydrogen) atoms. The van der Waals surface area contributed by atoms with Gasteiger partial charge in [0.05, 0.1) is 19.3 Å². The number of hydrogen-bond donors (Lipinski definition) is 1. The van der Waals surface area contributed by atoms with E-state index in [1.807, 2.05) is 0 Å². The molecule has 3 nitrogen and oxygen atoms in total. The molecular formula is C9H16ClNO2. The van der Waals surface area contributed by atoms with E-state index < -0.39 is 0 Å². The van der Waals surface area contributed by atoms with E-state index in [0.717, 1.165) is 13.2 Å². The molecule has 0 amide bonds. The van der Waals surface area contributed by atoms with E-state index >= 15 is 0 Å². The molecule has 3 unspecified atom stereocenters. The average Bonchev–Trinajstić information content (AvgIpc) is 2.41. The number of fused-ring (bicyclic) bond motifs is 2. The molecule has 0 spiro atoms. The summed E-state index contributed by atoms with van der Waals surface area (Å²) >= 11 is 5.58. The topological polar surface area (TPSA) is 32.7 Å². The van der Waals surface area contributed by atoms with E-state index in [0.29, 0.717) is 24.5 Å². The number of halogens is 1. The Morgan fingerprint density at radius 1 is 1.38 bits per heavy atom. The smallest absolute Gasteiger partial charge is 0.0802 e. The van der Waals surface area contributed by atoms with Crippen LogP contribution in [-0.4, -0.2) is 53.8 Å². The molecule has 0 aliphatic carbocycles. The molecule has 0 saturated carbocycles. The van der Waals surface area contributed by atoms with Crippen molar-refractivity contribution in [3.05, 3.63) is 0 Å². The van der Waals surface area contributed by atoms with Gasteiger partial charge in [0, 0.05) is 24.5 Å². The highest BCUT2D eigenvalue weighted by Crippen LogP contribution is 2.28. The van der Waals surface area contributed by atoms with Gasteiger partial charge in [-0.15, -0.1) is 11.6 Å². The zero-order valence-electron chi connectivity index (χ0n) is 7.66. The first-order valence-corrected chi connectivity index (χ1v) is 5.42. The molecule has 0 radical (unpaired) electrons. The second-order valence-corrected chi connectivity index (χ2v) is 4.24. The van der Waals surface area contributed by atoms with Gasteiger partial charge in [-0.25, -0.2) is 0 Å². The molecular weight excluding hydrogens is 190 g/mol. The van der Waals surface area contributed by atoms with Crippen molar-refractivity contribution >= 4 is 11.6 Å². The Hall–Kier alpha value is 0.170. The van der Waals surface area contributed by atoms with Crippen LogP contribution in [0.15, 0.2) is 0 Å². The Morgan fingerprint density at radius 3 is 2.54 bits per heavy atom. The minimum atomic E-state index is -0.386. The number of alkyl halides is 1. The Labute approximate surface area is 83.6 Å². The third-order valence-corrected chi connectivity index (χ3v) is 3.35. The maximum atomic E-state index is 9.46. The predicted molar refractivity (Wildman–Crippen MR) is 51.1 cm³/mol. The van der Waals surface area contributed by atoms with Crippen LogP contribution in [0, 0.1) is 0 Å². The number of nitrogens with zero attached hydrogens (tertiary/aromatic N) is 1. The molecule has 2 aliphatic rings. The molecule has 0 aromatic rings. The lowest BCUT2D eigenvalue weighted by atomic mass is 10.2. The second kappa shape index (κ2) is 4.13. The van der Waals surface area contributed by atoms with Crippen molar-refractivity contribution < 1.29 is 9.84 Å². The van der Waals surface area contributed by atoms with Crippen molar-refractivity contribution in [3.8, 4) is 0 Å². The van der Waals surface area contributed by atoms with Gasteiger partial charge in [-0.3, -0.25) is 4.90 Å². The number of aliphatic hydroxyl groups is 1. The minimum absolute atomic E-state index is 0.330. The predicted octanol–water partition coefficient (Wildman–Crippen LogP) is 0.449. The van der Waals surface area contributed by atoms with Crippen LogP contribution in [0.1, 0.15) is 12.8 Å². The summed E-state index contributed by atoms with van der Waals surface area (Å²) < 4.78 is 5.45. The van der Waals surface area contributed by atoms with Crippen LogP contribution >= 0.6 is 11.6 Å². The van der Waals surface area contributed by atoms with E-state index in [4.69, 9.17) is 16.3 Å². The molecule has 2 fully saturated rings. The lowest BCUT2D eigenvalue weighted by Crippen LogP contribution is -2.49. The summed E-state index contributed by atoms with van der Waals surface area (Å²) in [6.45, 7) is 2.36. The third-order valence-electron chi connectivity index (χ3n) is 2.99. The fourth-order valence-corrected chi connectivity index (χ4v) is 2.40. The van der Waals surface area contributed by atoms with E-state index in [-0.39, 0.29) is 6.10 Å². The first-order chi connectivity index (χ1) is 6.31. The Bertz CT molecular complexity index is 163. The van der Waals surface area contributed by atoms with Crippen molar-refractivity contribution in [1.82, 2.24) is 4.90 Å². The highest BCUT2D eigenvalue weighted by atomic mass is 35.5. The van der Waals surface area contributed by atoms with Gasteiger partial charge in [0.2, 0.25) is 0 Å². The van der Waals surface area contributed by atoms with Crippen LogP contribution in [0.3, 0.4) is 0 Å². The normalized spacial score (nSPS) is 36.5. The first kappa shape index (κ1) is 9.71. The number of morpholine rings is 1. The Morgan fingerprint density at radius 2 is 2.00 bits per heavy atom. The monoisotopic (exact) mass is 205 g/mol. The van der Waals surface area contributed by atoms with Gasteiger partial charge in [0.25, 0.3) is 0 Å². The summed E-state index contributed by atoms with van der Waals surface area (Å²) in [5, 5.41) is 9.46. The lowest BCUT2D eigenvalue weighted by Gasteiger charge is -2.35. The zero-order chi connectivity index (χ0) is 9.26. The molecule has 2 heterocycles. The highest BCUT2D eigenvalue weighted by Gasteiger charge is 2.37. The third kappa shape index (κ3) is 1.99. The fraction of sp³-hybridized carbons (Fsp3) is 1.00. The summed E-state index contributed by atoms with van der Waals surface area (Å²) in [7, 11) is 0. The maximum absolute atomic E-state index is 9.46. The maximum Gasteiger partial charge on any atom is 0.0802 e. The van der Waals surface area contributed by atoms with Crippen LogP contribution in [0.2, 0.25) is 0 Å². The molecule has 2 aliphatic heterocycles. The van der Waals surface area contributed by atoms with E-state index in [1.165, 1.54) is 12.8 Å². The van der Waals surface area contributed by atoms with Crippen molar-refractivity contribution in [3.63, 3.8) is 0 Å². The van der Waals surface area contributed by atoms with Crippen LogP contribution in [0.25, 0.3) is 0 Å². The molecule has 0 aromatic heterocycles. The molecule has 0 aromatic carbocycles. The zero-order valence-corrected chi connectivity index (χ0v) is 8.41. The summed E-state index contributed by atoms with van der Waals surface area (Å²) in [6.07, 6.45) is 2.03. The molecule has 1 N–H and O–H groups in total. The Kier molecular flexibility index (Phi) is 3.09. The minimum Gasteiger partial charge on any atom is -0.391 e. The highest BCUT2D eigenvalue weighted by molar-refractivity contribution is 6.18. The van der Waals surface area contributed by atoms with Gasteiger partial charge in [-0.1, -0.05) is 0 Å². The quantitative estimate of drug-likeness (QED) is 0.680. The van der Waals surface area contributed by atoms with Crippen molar-refractivity contribution in [1.29, 1.82) is 0 Å². The standard InChI is InChI=1S/C9H16ClNO2/c10-3-9(12)4-11-7-1-2-8(11)6-13-5-7/h7-9,12H,1-6H2. The van der Waals surface area contributed by atoms with Crippen LogP contribution in [0.4, 0.5) is 0 Å². The average molecular weight is 206 g/mol. The van der Waals surface area contributed by atoms with Crippen LogP contribution < -0.4 is 0 Å². The van der Waals surface area contributed by atoms with Crippen molar-refractivity contribution in [2.24, 2.45) is 0 Å². The molecule has 76 valence electrons. The first-order valence-electron chi connectivity index (χ1n) is 4.88. The largest absolute Gasteiger partial charge is 0.391 e. The summed E-state index contributed by atoms with van der Waals surface area (Å²) in [4.78, 5) is 2.36. The number of aliphatic hydroxyl groups excluding tert-OH is 1. The SMILES string of the molecule is OC(CCl)CN1C2CCC1COC2. The van der Waals surface area contributed by atoms with Gasteiger partial charge in [0.15, 0.2) is 0 Å². The molecule has 2 rings (SSSR count). The number of hydrogen-bond acceptors (Lipinski definition) is 3. The lowest BCUT2D eigenvalue weighted by molar-refractivity contribution is -0.0301. The van der Waals surface area contributed by atoms with Gasteiger partial charge >= 0.3 is 0 Å². The van der Waals surface area contributed by atoms with Crippen LogP contribution in [0.5, 0.6) is 0 Å². The molecule has 4 heteroatoms. The Balaban J connectivity index is 1.91. The van der Waals surface area contributed by atoms with E-state index in [2.05, 4.69) is 4.90 Å². The molecule has 3 atom stereocenters. The van der Waals surface area contributed by atoms with Gasteiger partial charge < -0.3 is 9.84 Å². The van der Waals surface area contributed by atoms with E-state index in [1.54, 1.807) is 0 Å². The second-order valence-electron chi connectivity index (χ2n) is 3.93. The van der Waals surface area contributed by atoms with E-state index in [9.17, 15) is 5.11 Å². The number of ether oxygens (including phenoxy) is 1. The summed E-state index contributed by atoms with van der Waals surface area (Å²) in [5.74, 6) is 0.330. The van der Waals surface area contributed by atoms with Crippen molar-refractivity contribution in [2.75, 3.05) is 25.6 Å². The van der Waals surface area contributed by atoms with Crippen LogP contribution in [-0.2, 0) is 4.74 Å². The molecule has 2 saturated heterocycles. The van der Waals surface area contributed by atoms with Crippen molar-refractivity contribution in [2.45, 2.75) is 31.0 Å². The fourth-order valence-electron chi connectivity index (χ4n) is 2.30. The van der Waals surface area contributed by atoms with Gasteiger partial charge in [-0.05, 0) is 12.8 Å². The summed E-state index contributed by atoms with van der Waals surface area (Å²) in [5.41, 5.74) is 0. The van der Waals surface area contributed by atoms with Gasteiger partial charge in [-0.2, -0.15) is 0 Å².